The van der Waals surface area contributed by atoms with Gasteiger partial charge in [-0.1, -0.05) is 0 Å². The maximum absolute atomic E-state index is 11.9. The van der Waals surface area contributed by atoms with Gasteiger partial charge in [-0.05, 0) is 0 Å². The molecular formula is C16H26O8. The van der Waals surface area contributed by atoms with Crippen molar-refractivity contribution in [3.8, 4) is 0 Å². The molecule has 138 valence electrons. The van der Waals surface area contributed by atoms with E-state index in [4.69, 9.17) is 18.9 Å². The number of hydrogen-bond acceptors (Lipinski definition) is 8. The summed E-state index contributed by atoms with van der Waals surface area (Å²) in [6.45, 7) is 0. The minimum absolute atomic E-state index is 0.0471. The van der Waals surface area contributed by atoms with Crippen LogP contribution < -0.4 is 0 Å². The van der Waals surface area contributed by atoms with Crippen molar-refractivity contribution in [2.75, 3.05) is 14.2 Å². The lowest BCUT2D eigenvalue weighted by atomic mass is 9.94. The van der Waals surface area contributed by atoms with Crippen molar-refractivity contribution >= 4 is 11.6 Å². The molecule has 0 radical (unpaired) electrons. The van der Waals surface area contributed by atoms with Crippen molar-refractivity contribution in [1.29, 1.82) is 0 Å². The van der Waals surface area contributed by atoms with Crippen LogP contribution in [0.15, 0.2) is 0 Å². The average molecular weight is 346 g/mol. The van der Waals surface area contributed by atoms with Crippen LogP contribution in [0, 0.1) is 0 Å². The van der Waals surface area contributed by atoms with Crippen LogP contribution in [0.25, 0.3) is 0 Å². The Bertz CT molecular complexity index is 400. The largest absolute Gasteiger partial charge is 0.390 e. The zero-order valence-electron chi connectivity index (χ0n) is 14.1. The van der Waals surface area contributed by atoms with Crippen molar-refractivity contribution in [3.05, 3.63) is 0 Å². The number of Topliss-reactive ketones (excluding diaryl/α,β-unsaturated/α-hetero) is 2. The summed E-state index contributed by atoms with van der Waals surface area (Å²) >= 11 is 0. The smallest absolute Gasteiger partial charge is 0.161 e. The van der Waals surface area contributed by atoms with Crippen LogP contribution >= 0.6 is 0 Å². The highest BCUT2D eigenvalue weighted by Crippen LogP contribution is 2.24. The first-order valence-corrected chi connectivity index (χ1v) is 8.22. The van der Waals surface area contributed by atoms with Gasteiger partial charge in [0.15, 0.2) is 24.1 Å². The van der Waals surface area contributed by atoms with E-state index in [-0.39, 0.29) is 24.4 Å². The number of carbonyl (C=O) groups is 2. The Morgan fingerprint density at radius 2 is 1.29 bits per heavy atom. The van der Waals surface area contributed by atoms with Crippen LogP contribution in [0.4, 0.5) is 0 Å². The summed E-state index contributed by atoms with van der Waals surface area (Å²) in [6.07, 6.45) is -3.51. The molecule has 24 heavy (non-hydrogen) atoms. The molecule has 2 N–H and O–H groups in total. The molecule has 0 saturated carbocycles. The number of rotatable bonds is 7. The number of methoxy groups -OCH3 is 2. The summed E-state index contributed by atoms with van der Waals surface area (Å²) in [7, 11) is 2.97. The number of ether oxygens (including phenoxy) is 4. The zero-order valence-corrected chi connectivity index (χ0v) is 14.1. The lowest BCUT2D eigenvalue weighted by Gasteiger charge is -2.32. The van der Waals surface area contributed by atoms with Crippen LogP contribution in [0.2, 0.25) is 0 Å². The fourth-order valence-corrected chi connectivity index (χ4v) is 2.97. The second kappa shape index (κ2) is 8.98. The summed E-state index contributed by atoms with van der Waals surface area (Å²) in [5.41, 5.74) is 0. The third kappa shape index (κ3) is 5.05. The zero-order chi connectivity index (χ0) is 17.7. The highest BCUT2D eigenvalue weighted by atomic mass is 16.7. The van der Waals surface area contributed by atoms with Gasteiger partial charge in [0.1, 0.15) is 12.2 Å². The van der Waals surface area contributed by atoms with E-state index < -0.39 is 37.0 Å². The van der Waals surface area contributed by atoms with Gasteiger partial charge in [-0.15, -0.1) is 0 Å². The van der Waals surface area contributed by atoms with Crippen LogP contribution in [0.3, 0.4) is 0 Å². The first-order valence-electron chi connectivity index (χ1n) is 8.22. The molecule has 0 aromatic rings. The average Bonchev–Trinajstić information content (AvgIpc) is 2.58. The number of hydrogen-bond donors (Lipinski definition) is 2. The Kier molecular flexibility index (Phi) is 7.27. The van der Waals surface area contributed by atoms with Crippen molar-refractivity contribution in [3.63, 3.8) is 0 Å². The molecule has 2 rings (SSSR count). The van der Waals surface area contributed by atoms with Gasteiger partial charge in [-0.2, -0.15) is 0 Å². The molecule has 6 atom stereocenters. The fraction of sp³-hybridized carbons (Fsp3) is 0.875. The number of carbonyl (C=O) groups excluding carboxylic acids is 2. The highest BCUT2D eigenvalue weighted by molar-refractivity contribution is 5.84. The molecule has 0 spiro atoms. The van der Waals surface area contributed by atoms with Gasteiger partial charge in [-0.25, -0.2) is 0 Å². The van der Waals surface area contributed by atoms with E-state index in [0.29, 0.717) is 25.7 Å². The van der Waals surface area contributed by atoms with E-state index in [1.165, 1.54) is 14.2 Å². The summed E-state index contributed by atoms with van der Waals surface area (Å²) < 4.78 is 21.1. The summed E-state index contributed by atoms with van der Waals surface area (Å²) in [5, 5.41) is 20.3. The van der Waals surface area contributed by atoms with E-state index in [1.807, 2.05) is 0 Å². The minimum atomic E-state index is -1.20. The molecule has 2 fully saturated rings. The van der Waals surface area contributed by atoms with Crippen molar-refractivity contribution in [1.82, 2.24) is 0 Å². The van der Waals surface area contributed by atoms with E-state index in [1.54, 1.807) is 0 Å². The SMILES string of the molecule is COC1CCC(=O)[C@H](C[C@@H](O)[C@@H](O)C[C@H]2OC(OC)CCC2=O)O1. The molecule has 0 aliphatic carbocycles. The molecule has 2 heterocycles. The topological polar surface area (TPSA) is 112 Å². The summed E-state index contributed by atoms with van der Waals surface area (Å²) in [5.74, 6) is -0.252. The quantitative estimate of drug-likeness (QED) is 0.659. The first-order chi connectivity index (χ1) is 11.4. The maximum atomic E-state index is 11.9. The number of aliphatic hydroxyl groups is 2. The molecule has 8 heteroatoms. The molecule has 0 bridgehead atoms. The summed E-state index contributed by atoms with van der Waals surface area (Å²) in [4.78, 5) is 23.7. The van der Waals surface area contributed by atoms with Gasteiger partial charge < -0.3 is 29.2 Å². The fourth-order valence-electron chi connectivity index (χ4n) is 2.97. The lowest BCUT2D eigenvalue weighted by molar-refractivity contribution is -0.198. The Morgan fingerprint density at radius 3 is 1.62 bits per heavy atom. The standard InChI is InChI=1S/C16H26O8/c1-21-15-5-3-9(17)13(23-15)7-11(19)12(20)8-14-10(18)4-6-16(22-2)24-14/h11-16,19-20H,3-8H2,1-2H3/t11-,12+,13+,14-,15?,16?. The van der Waals surface area contributed by atoms with Gasteiger partial charge in [0.25, 0.3) is 0 Å². The minimum Gasteiger partial charge on any atom is -0.390 e. The molecule has 2 saturated heterocycles. The van der Waals surface area contributed by atoms with Crippen molar-refractivity contribution in [2.45, 2.75) is 75.5 Å². The van der Waals surface area contributed by atoms with E-state index in [0.717, 1.165) is 0 Å². The van der Waals surface area contributed by atoms with Gasteiger partial charge >= 0.3 is 0 Å². The van der Waals surface area contributed by atoms with Crippen LogP contribution in [0.1, 0.15) is 38.5 Å². The Labute approximate surface area is 141 Å². The van der Waals surface area contributed by atoms with Crippen molar-refractivity contribution < 1.29 is 38.7 Å². The third-order valence-corrected chi connectivity index (χ3v) is 4.48. The maximum Gasteiger partial charge on any atom is 0.161 e. The number of aliphatic hydroxyl groups excluding tert-OH is 2. The molecular weight excluding hydrogens is 320 g/mol. The molecule has 2 unspecified atom stereocenters. The Morgan fingerprint density at radius 1 is 0.917 bits per heavy atom. The highest BCUT2D eigenvalue weighted by Gasteiger charge is 2.36. The molecule has 8 nitrogen and oxygen atoms in total. The first kappa shape index (κ1) is 19.4. The lowest BCUT2D eigenvalue weighted by Crippen LogP contribution is -2.44. The predicted octanol–water partition coefficient (Wildman–Crippen LogP) is -0.0704. The summed E-state index contributed by atoms with van der Waals surface area (Å²) in [6, 6.07) is 0. The Balaban J connectivity index is 1.85. The Hall–Kier alpha value is -0.900. The van der Waals surface area contributed by atoms with Gasteiger partial charge in [-0.3, -0.25) is 9.59 Å². The molecule has 0 aromatic carbocycles. The number of ketones is 2. The second-order valence-electron chi connectivity index (χ2n) is 6.20. The van der Waals surface area contributed by atoms with Crippen LogP contribution in [-0.2, 0) is 28.5 Å². The predicted molar refractivity (Wildman–Crippen MR) is 81.1 cm³/mol. The van der Waals surface area contributed by atoms with E-state index in [9.17, 15) is 19.8 Å². The van der Waals surface area contributed by atoms with E-state index in [2.05, 4.69) is 0 Å². The normalized spacial score (nSPS) is 34.2. The van der Waals surface area contributed by atoms with Gasteiger partial charge in [0, 0.05) is 52.7 Å². The molecule has 0 aromatic heterocycles. The van der Waals surface area contributed by atoms with Crippen molar-refractivity contribution in [2.24, 2.45) is 0 Å². The van der Waals surface area contributed by atoms with Crippen LogP contribution in [-0.4, -0.2) is 73.0 Å². The molecule has 2 aliphatic heterocycles. The molecule has 2 aliphatic rings. The van der Waals surface area contributed by atoms with Gasteiger partial charge in [0.2, 0.25) is 0 Å². The monoisotopic (exact) mass is 346 g/mol. The second-order valence-corrected chi connectivity index (χ2v) is 6.20. The third-order valence-electron chi connectivity index (χ3n) is 4.48. The molecule has 0 amide bonds. The van der Waals surface area contributed by atoms with Crippen LogP contribution in [0.5, 0.6) is 0 Å². The van der Waals surface area contributed by atoms with Gasteiger partial charge in [0.05, 0.1) is 12.2 Å². The van der Waals surface area contributed by atoms with E-state index >= 15 is 0 Å².